The molecule has 0 aliphatic carbocycles. The second-order valence-corrected chi connectivity index (χ2v) is 5.82. The van der Waals surface area contributed by atoms with Gasteiger partial charge in [-0.2, -0.15) is 0 Å². The number of urea groups is 1. The van der Waals surface area contributed by atoms with Crippen molar-refractivity contribution >= 4 is 22.0 Å². The van der Waals surface area contributed by atoms with Gasteiger partial charge in [0, 0.05) is 19.6 Å². The summed E-state index contributed by atoms with van der Waals surface area (Å²) < 4.78 is 24.8. The molecule has 0 aliphatic heterocycles. The smallest absolute Gasteiger partial charge is 0.314 e. The number of sulfonamides is 1. The van der Waals surface area contributed by atoms with Gasteiger partial charge in [0.1, 0.15) is 0 Å². The van der Waals surface area contributed by atoms with Crippen LogP contribution in [0.1, 0.15) is 20.3 Å². The summed E-state index contributed by atoms with van der Waals surface area (Å²) >= 11 is 0. The lowest BCUT2D eigenvalue weighted by atomic mass is 10.1. The van der Waals surface area contributed by atoms with Crippen LogP contribution in [-0.2, 0) is 14.8 Å². The van der Waals surface area contributed by atoms with Gasteiger partial charge in [-0.25, -0.2) is 17.9 Å². The van der Waals surface area contributed by atoms with Crippen molar-refractivity contribution in [1.82, 2.24) is 15.4 Å². The maximum atomic E-state index is 11.3. The van der Waals surface area contributed by atoms with Crippen LogP contribution in [-0.4, -0.2) is 50.9 Å². The van der Waals surface area contributed by atoms with Gasteiger partial charge < -0.3 is 15.7 Å². The number of carbonyl (C=O) groups excluding carboxylic acids is 1. The third-order valence-corrected chi connectivity index (χ3v) is 3.84. The zero-order valence-electron chi connectivity index (χ0n) is 11.1. The number of rotatable bonds is 9. The lowest BCUT2D eigenvalue weighted by molar-refractivity contribution is -0.141. The minimum atomic E-state index is -3.36. The first-order valence-corrected chi connectivity index (χ1v) is 7.69. The van der Waals surface area contributed by atoms with Crippen molar-refractivity contribution in [2.45, 2.75) is 20.3 Å². The zero-order valence-corrected chi connectivity index (χ0v) is 11.9. The van der Waals surface area contributed by atoms with Crippen LogP contribution in [0.4, 0.5) is 4.79 Å². The Bertz CT molecular complexity index is 396. The van der Waals surface area contributed by atoms with Crippen molar-refractivity contribution in [2.24, 2.45) is 5.92 Å². The molecule has 4 N–H and O–H groups in total. The van der Waals surface area contributed by atoms with E-state index in [1.165, 1.54) is 0 Å². The molecule has 0 fully saturated rings. The van der Waals surface area contributed by atoms with Gasteiger partial charge in [-0.3, -0.25) is 4.79 Å². The molecule has 0 bridgehead atoms. The Labute approximate surface area is 113 Å². The zero-order chi connectivity index (χ0) is 14.9. The summed E-state index contributed by atoms with van der Waals surface area (Å²) in [4.78, 5) is 22.0. The number of aliphatic carboxylic acids is 1. The van der Waals surface area contributed by atoms with Crippen LogP contribution in [0.2, 0.25) is 0 Å². The molecule has 8 nitrogen and oxygen atoms in total. The van der Waals surface area contributed by atoms with Crippen LogP contribution < -0.4 is 15.4 Å². The molecule has 0 aromatic rings. The van der Waals surface area contributed by atoms with E-state index in [-0.39, 0.29) is 18.8 Å². The molecular formula is C10H21N3O5S. The molecular weight excluding hydrogens is 274 g/mol. The molecule has 0 spiro atoms. The number of carboxylic acids is 1. The van der Waals surface area contributed by atoms with Gasteiger partial charge in [0.2, 0.25) is 10.0 Å². The molecule has 19 heavy (non-hydrogen) atoms. The molecule has 112 valence electrons. The lowest BCUT2D eigenvalue weighted by Crippen LogP contribution is -2.42. The number of amides is 2. The molecule has 1 atom stereocenters. The molecule has 0 saturated carbocycles. The van der Waals surface area contributed by atoms with E-state index in [0.29, 0.717) is 13.0 Å². The number of hydrogen-bond acceptors (Lipinski definition) is 4. The van der Waals surface area contributed by atoms with Crippen molar-refractivity contribution in [1.29, 1.82) is 0 Å². The van der Waals surface area contributed by atoms with Gasteiger partial charge in [-0.15, -0.1) is 0 Å². The Morgan fingerprint density at radius 2 is 1.84 bits per heavy atom. The third kappa shape index (κ3) is 8.38. The Hall–Kier alpha value is -1.35. The van der Waals surface area contributed by atoms with Crippen molar-refractivity contribution in [3.63, 3.8) is 0 Å². The number of hydrogen-bond donors (Lipinski definition) is 4. The second kappa shape index (κ2) is 8.70. The maximum Gasteiger partial charge on any atom is 0.314 e. The minimum absolute atomic E-state index is 0.0115. The second-order valence-electron chi connectivity index (χ2n) is 3.90. The van der Waals surface area contributed by atoms with Gasteiger partial charge in [0.15, 0.2) is 0 Å². The molecule has 1 unspecified atom stereocenters. The Morgan fingerprint density at radius 1 is 1.21 bits per heavy atom. The highest BCUT2D eigenvalue weighted by atomic mass is 32.2. The highest BCUT2D eigenvalue weighted by Gasteiger charge is 2.16. The quantitative estimate of drug-likeness (QED) is 0.449. The lowest BCUT2D eigenvalue weighted by Gasteiger charge is -2.12. The fourth-order valence-electron chi connectivity index (χ4n) is 1.28. The number of carboxylic acid groups (broad SMARTS) is 1. The van der Waals surface area contributed by atoms with Crippen LogP contribution in [0.3, 0.4) is 0 Å². The number of carbonyl (C=O) groups is 2. The van der Waals surface area contributed by atoms with E-state index in [4.69, 9.17) is 5.11 Å². The molecule has 0 saturated heterocycles. The summed E-state index contributed by atoms with van der Waals surface area (Å²) in [5, 5.41) is 13.5. The van der Waals surface area contributed by atoms with E-state index in [0.717, 1.165) is 0 Å². The first-order chi connectivity index (χ1) is 8.82. The average Bonchev–Trinajstić information content (AvgIpc) is 2.28. The van der Waals surface area contributed by atoms with Crippen molar-refractivity contribution in [2.75, 3.05) is 25.4 Å². The monoisotopic (exact) mass is 295 g/mol. The van der Waals surface area contributed by atoms with E-state index >= 15 is 0 Å². The van der Waals surface area contributed by atoms with Gasteiger partial charge in [-0.1, -0.05) is 13.8 Å². The molecule has 0 rings (SSSR count). The highest BCUT2D eigenvalue weighted by molar-refractivity contribution is 7.89. The highest BCUT2D eigenvalue weighted by Crippen LogP contribution is 1.99. The Morgan fingerprint density at radius 3 is 2.32 bits per heavy atom. The summed E-state index contributed by atoms with van der Waals surface area (Å²) in [6.45, 7) is 3.64. The van der Waals surface area contributed by atoms with Gasteiger partial charge in [-0.05, 0) is 6.42 Å². The van der Waals surface area contributed by atoms with Crippen molar-refractivity contribution in [3.05, 3.63) is 0 Å². The van der Waals surface area contributed by atoms with E-state index in [2.05, 4.69) is 15.4 Å². The van der Waals surface area contributed by atoms with E-state index in [1.807, 2.05) is 0 Å². The molecule has 2 amide bonds. The molecule has 0 heterocycles. The predicted octanol–water partition coefficient (Wildman–Crippen LogP) is -0.664. The number of nitrogens with one attached hydrogen (secondary N) is 3. The summed E-state index contributed by atoms with van der Waals surface area (Å²) in [6, 6.07) is -0.577. The van der Waals surface area contributed by atoms with Gasteiger partial charge in [0.05, 0.1) is 11.7 Å². The summed E-state index contributed by atoms with van der Waals surface area (Å²) in [5.74, 6) is -1.83. The normalized spacial score (nSPS) is 12.7. The predicted molar refractivity (Wildman–Crippen MR) is 70.3 cm³/mol. The van der Waals surface area contributed by atoms with E-state index < -0.39 is 27.9 Å². The van der Waals surface area contributed by atoms with E-state index in [9.17, 15) is 18.0 Å². The fourth-order valence-corrected chi connectivity index (χ4v) is 2.23. The molecule has 0 aromatic heterocycles. The molecule has 0 aliphatic rings. The molecule has 0 radical (unpaired) electrons. The van der Waals surface area contributed by atoms with Crippen LogP contribution in [0.5, 0.6) is 0 Å². The molecule has 0 aromatic carbocycles. The maximum absolute atomic E-state index is 11.3. The van der Waals surface area contributed by atoms with Crippen molar-refractivity contribution in [3.8, 4) is 0 Å². The molecule has 9 heteroatoms. The van der Waals surface area contributed by atoms with E-state index in [1.54, 1.807) is 13.8 Å². The van der Waals surface area contributed by atoms with Crippen LogP contribution in [0.15, 0.2) is 0 Å². The standard InChI is InChI=1S/C10H21N3O5S/c1-3-8(9(14)15)7-12-10(16)11-5-6-19(17,18)13-4-2/h8,13H,3-7H2,1-2H3,(H,14,15)(H2,11,12,16). The summed E-state index contributed by atoms with van der Waals surface area (Å²) in [6.07, 6.45) is 0.407. The summed E-state index contributed by atoms with van der Waals surface area (Å²) in [5.41, 5.74) is 0. The van der Waals surface area contributed by atoms with Crippen LogP contribution in [0, 0.1) is 5.92 Å². The largest absolute Gasteiger partial charge is 0.481 e. The van der Waals surface area contributed by atoms with Crippen molar-refractivity contribution < 1.29 is 23.1 Å². The topological polar surface area (TPSA) is 125 Å². The minimum Gasteiger partial charge on any atom is -0.481 e. The van der Waals surface area contributed by atoms with Gasteiger partial charge >= 0.3 is 12.0 Å². The third-order valence-electron chi connectivity index (χ3n) is 2.37. The average molecular weight is 295 g/mol. The van der Waals surface area contributed by atoms with Gasteiger partial charge in [0.25, 0.3) is 0 Å². The SMILES string of the molecule is CCNS(=O)(=O)CCNC(=O)NCC(CC)C(=O)O. The Balaban J connectivity index is 3.91. The van der Waals surface area contributed by atoms with Crippen LogP contribution in [0.25, 0.3) is 0 Å². The first-order valence-electron chi connectivity index (χ1n) is 6.04. The Kier molecular flexibility index (Phi) is 8.08. The first kappa shape index (κ1) is 17.6. The van der Waals surface area contributed by atoms with Crippen LogP contribution >= 0.6 is 0 Å². The fraction of sp³-hybridized carbons (Fsp3) is 0.800. The summed E-state index contributed by atoms with van der Waals surface area (Å²) in [7, 11) is -3.36.